The fourth-order valence-corrected chi connectivity index (χ4v) is 3.79. The number of thiophene rings is 1. The van der Waals surface area contributed by atoms with E-state index in [2.05, 4.69) is 5.32 Å². The summed E-state index contributed by atoms with van der Waals surface area (Å²) in [6.45, 7) is 2.40. The van der Waals surface area contributed by atoms with Crippen LogP contribution < -0.4 is 10.1 Å². The minimum absolute atomic E-state index is 0.0877. The van der Waals surface area contributed by atoms with E-state index in [1.807, 2.05) is 33.9 Å². The summed E-state index contributed by atoms with van der Waals surface area (Å²) < 4.78 is 11.0. The molecule has 1 aliphatic rings. The molecule has 0 spiro atoms. The topological polar surface area (TPSA) is 67.9 Å². The van der Waals surface area contributed by atoms with Crippen molar-refractivity contribution in [3.63, 3.8) is 0 Å². The van der Waals surface area contributed by atoms with Gasteiger partial charge in [0, 0.05) is 45.1 Å². The normalized spacial score (nSPS) is 14.7. The quantitative estimate of drug-likeness (QED) is 0.737. The van der Waals surface area contributed by atoms with E-state index in [-0.39, 0.29) is 17.9 Å². The maximum atomic E-state index is 12.2. The SMILES string of the molecule is COCCC(=O)N1CCC(Oc2ccc(C(=O)NCc3ccsc3)cc2)CC1. The molecule has 2 heterocycles. The van der Waals surface area contributed by atoms with Crippen LogP contribution in [0.15, 0.2) is 41.1 Å². The van der Waals surface area contributed by atoms with Crippen molar-refractivity contribution < 1.29 is 19.1 Å². The summed E-state index contributed by atoms with van der Waals surface area (Å²) in [6, 6.07) is 9.22. The zero-order valence-corrected chi connectivity index (χ0v) is 16.9. The number of carbonyl (C=O) groups is 2. The zero-order chi connectivity index (χ0) is 19.8. The first-order chi connectivity index (χ1) is 13.7. The van der Waals surface area contributed by atoms with E-state index < -0.39 is 0 Å². The molecule has 1 aromatic heterocycles. The van der Waals surface area contributed by atoms with E-state index in [1.54, 1.807) is 30.6 Å². The number of benzene rings is 1. The number of methoxy groups -OCH3 is 1. The van der Waals surface area contributed by atoms with E-state index in [4.69, 9.17) is 9.47 Å². The number of hydrogen-bond acceptors (Lipinski definition) is 5. The lowest BCUT2D eigenvalue weighted by Gasteiger charge is -2.32. The number of piperidine rings is 1. The molecule has 150 valence electrons. The van der Waals surface area contributed by atoms with Crippen LogP contribution in [-0.2, 0) is 16.1 Å². The molecular weight excluding hydrogens is 376 g/mol. The minimum atomic E-state index is -0.0966. The fraction of sp³-hybridized carbons (Fsp3) is 0.429. The Balaban J connectivity index is 1.43. The van der Waals surface area contributed by atoms with E-state index >= 15 is 0 Å². The summed E-state index contributed by atoms with van der Waals surface area (Å²) in [6.07, 6.45) is 2.13. The molecule has 6 nitrogen and oxygen atoms in total. The first-order valence-electron chi connectivity index (χ1n) is 9.48. The highest BCUT2D eigenvalue weighted by Gasteiger charge is 2.23. The lowest BCUT2D eigenvalue weighted by atomic mass is 10.1. The summed E-state index contributed by atoms with van der Waals surface area (Å²) in [5, 5.41) is 6.93. The highest BCUT2D eigenvalue weighted by molar-refractivity contribution is 7.07. The lowest BCUT2D eigenvalue weighted by Crippen LogP contribution is -2.42. The van der Waals surface area contributed by atoms with E-state index in [9.17, 15) is 9.59 Å². The molecule has 1 aromatic carbocycles. The molecule has 1 aliphatic heterocycles. The summed E-state index contributed by atoms with van der Waals surface area (Å²) >= 11 is 1.62. The number of nitrogens with one attached hydrogen (secondary N) is 1. The summed E-state index contributed by atoms with van der Waals surface area (Å²) in [4.78, 5) is 26.1. The molecule has 0 unspecified atom stereocenters. The van der Waals surface area contributed by atoms with Crippen molar-refractivity contribution in [2.24, 2.45) is 0 Å². The molecule has 1 N–H and O–H groups in total. The predicted molar refractivity (Wildman–Crippen MR) is 109 cm³/mol. The van der Waals surface area contributed by atoms with Gasteiger partial charge < -0.3 is 19.7 Å². The maximum absolute atomic E-state index is 12.2. The Kier molecular flexibility index (Phi) is 7.45. The van der Waals surface area contributed by atoms with Crippen molar-refractivity contribution in [3.05, 3.63) is 52.2 Å². The molecule has 0 saturated carbocycles. The fourth-order valence-electron chi connectivity index (χ4n) is 3.13. The van der Waals surface area contributed by atoms with Gasteiger partial charge in [-0.2, -0.15) is 11.3 Å². The van der Waals surface area contributed by atoms with Gasteiger partial charge in [-0.25, -0.2) is 0 Å². The van der Waals surface area contributed by atoms with Crippen molar-refractivity contribution in [1.82, 2.24) is 10.2 Å². The van der Waals surface area contributed by atoms with Crippen LogP contribution >= 0.6 is 11.3 Å². The molecule has 3 rings (SSSR count). The highest BCUT2D eigenvalue weighted by Crippen LogP contribution is 2.20. The minimum Gasteiger partial charge on any atom is -0.490 e. The third kappa shape index (κ3) is 5.81. The average Bonchev–Trinajstić information content (AvgIpc) is 3.25. The molecule has 0 bridgehead atoms. The van der Waals surface area contributed by atoms with Crippen LogP contribution in [0.1, 0.15) is 35.2 Å². The smallest absolute Gasteiger partial charge is 0.251 e. The molecule has 1 fully saturated rings. The van der Waals surface area contributed by atoms with Crippen LogP contribution in [0.4, 0.5) is 0 Å². The second-order valence-electron chi connectivity index (χ2n) is 6.78. The van der Waals surface area contributed by atoms with Gasteiger partial charge in [-0.3, -0.25) is 9.59 Å². The van der Waals surface area contributed by atoms with Crippen LogP contribution in [0.25, 0.3) is 0 Å². The number of likely N-dealkylation sites (tertiary alicyclic amines) is 1. The van der Waals surface area contributed by atoms with E-state index in [0.29, 0.717) is 38.2 Å². The Bertz CT molecular complexity index is 753. The third-order valence-corrected chi connectivity index (χ3v) is 5.50. The van der Waals surface area contributed by atoms with Crippen molar-refractivity contribution >= 4 is 23.2 Å². The molecule has 1 saturated heterocycles. The third-order valence-electron chi connectivity index (χ3n) is 4.77. The molecule has 0 atom stereocenters. The van der Waals surface area contributed by atoms with Gasteiger partial charge in [0.15, 0.2) is 0 Å². The molecule has 0 radical (unpaired) electrons. The van der Waals surface area contributed by atoms with E-state index in [1.165, 1.54) is 0 Å². The standard InChI is InChI=1S/C21H26N2O4S/c1-26-12-8-20(24)23-10-6-19(7-11-23)27-18-4-2-17(3-5-18)21(25)22-14-16-9-13-28-15-16/h2-5,9,13,15,19H,6-8,10-12,14H2,1H3,(H,22,25). The van der Waals surface area contributed by atoms with Gasteiger partial charge >= 0.3 is 0 Å². The van der Waals surface area contributed by atoms with Crippen LogP contribution in [0, 0.1) is 0 Å². The average molecular weight is 403 g/mol. The van der Waals surface area contributed by atoms with Gasteiger partial charge in [0.05, 0.1) is 13.0 Å². The Labute approximate surface area is 169 Å². The number of hydrogen-bond donors (Lipinski definition) is 1. The van der Waals surface area contributed by atoms with Crippen LogP contribution in [-0.4, -0.2) is 49.6 Å². The number of nitrogens with zero attached hydrogens (tertiary/aromatic N) is 1. The van der Waals surface area contributed by atoms with Crippen LogP contribution in [0.5, 0.6) is 5.75 Å². The number of amides is 2. The second kappa shape index (κ2) is 10.2. The largest absolute Gasteiger partial charge is 0.490 e. The molecule has 0 aliphatic carbocycles. The molecule has 28 heavy (non-hydrogen) atoms. The Morgan fingerprint density at radius 2 is 1.93 bits per heavy atom. The molecule has 2 aromatic rings. The second-order valence-corrected chi connectivity index (χ2v) is 7.56. The van der Waals surface area contributed by atoms with Crippen molar-refractivity contribution in [3.8, 4) is 5.75 Å². The van der Waals surface area contributed by atoms with Crippen molar-refractivity contribution in [2.75, 3.05) is 26.8 Å². The van der Waals surface area contributed by atoms with Crippen molar-refractivity contribution in [2.45, 2.75) is 31.9 Å². The summed E-state index contributed by atoms with van der Waals surface area (Å²) in [7, 11) is 1.60. The molecule has 7 heteroatoms. The Morgan fingerprint density at radius 1 is 1.18 bits per heavy atom. The number of rotatable bonds is 8. The number of ether oxygens (including phenoxy) is 2. The number of carbonyl (C=O) groups excluding carboxylic acids is 2. The van der Waals surface area contributed by atoms with Gasteiger partial charge in [-0.15, -0.1) is 0 Å². The van der Waals surface area contributed by atoms with Gasteiger partial charge in [0.2, 0.25) is 5.91 Å². The summed E-state index contributed by atoms with van der Waals surface area (Å²) in [5.41, 5.74) is 1.71. The Morgan fingerprint density at radius 3 is 2.57 bits per heavy atom. The van der Waals surface area contributed by atoms with Crippen LogP contribution in [0.2, 0.25) is 0 Å². The highest BCUT2D eigenvalue weighted by atomic mass is 32.1. The van der Waals surface area contributed by atoms with Gasteiger partial charge in [-0.1, -0.05) is 0 Å². The predicted octanol–water partition coefficient (Wildman–Crippen LogP) is 3.08. The first kappa shape index (κ1) is 20.4. The lowest BCUT2D eigenvalue weighted by molar-refractivity contribution is -0.133. The van der Waals surface area contributed by atoms with E-state index in [0.717, 1.165) is 24.2 Å². The monoisotopic (exact) mass is 402 g/mol. The zero-order valence-electron chi connectivity index (χ0n) is 16.1. The van der Waals surface area contributed by atoms with Crippen LogP contribution in [0.3, 0.4) is 0 Å². The molecule has 2 amide bonds. The molecular formula is C21H26N2O4S. The summed E-state index contributed by atoms with van der Waals surface area (Å²) in [5.74, 6) is 0.789. The first-order valence-corrected chi connectivity index (χ1v) is 10.4. The van der Waals surface area contributed by atoms with Gasteiger partial charge in [-0.05, 0) is 46.7 Å². The van der Waals surface area contributed by atoms with Crippen molar-refractivity contribution in [1.29, 1.82) is 0 Å². The van der Waals surface area contributed by atoms with Gasteiger partial charge in [0.1, 0.15) is 11.9 Å². The maximum Gasteiger partial charge on any atom is 0.251 e. The van der Waals surface area contributed by atoms with Gasteiger partial charge in [0.25, 0.3) is 5.91 Å². The Hall–Kier alpha value is -2.38.